The zero-order chi connectivity index (χ0) is 18.3. The molecule has 1 atom stereocenters. The highest BCUT2D eigenvalue weighted by molar-refractivity contribution is 14.0. The molecule has 0 saturated carbocycles. The molecule has 0 aliphatic rings. The fraction of sp³-hybridized carbons (Fsp3) is 0.632. The van der Waals surface area contributed by atoms with E-state index in [0.29, 0.717) is 12.5 Å². The number of nitrogens with one attached hydrogen (secondary N) is 2. The van der Waals surface area contributed by atoms with Gasteiger partial charge in [-0.3, -0.25) is 4.99 Å². The molecule has 1 aromatic rings. The molecule has 150 valence electrons. The minimum Gasteiger partial charge on any atom is -0.491 e. The van der Waals surface area contributed by atoms with Crippen LogP contribution in [-0.4, -0.2) is 56.6 Å². The molecule has 0 spiro atoms. The molecule has 0 aliphatic heterocycles. The van der Waals surface area contributed by atoms with E-state index < -0.39 is 6.10 Å². The Kier molecular flexibility index (Phi) is 15.5. The third kappa shape index (κ3) is 12.3. The number of guanidine groups is 1. The molecule has 0 saturated heterocycles. The van der Waals surface area contributed by atoms with Crippen LogP contribution in [0.5, 0.6) is 5.75 Å². The van der Waals surface area contributed by atoms with Gasteiger partial charge in [0.2, 0.25) is 0 Å². The van der Waals surface area contributed by atoms with E-state index in [1.54, 1.807) is 0 Å². The van der Waals surface area contributed by atoms with Gasteiger partial charge in [0, 0.05) is 26.3 Å². The highest BCUT2D eigenvalue weighted by Crippen LogP contribution is 2.12. The predicted octanol–water partition coefficient (Wildman–Crippen LogP) is 2.72. The Bertz CT molecular complexity index is 501. The lowest BCUT2D eigenvalue weighted by molar-refractivity contribution is 0.114. The number of halogens is 1. The molecule has 0 bridgehead atoms. The average Bonchev–Trinajstić information content (AvgIpc) is 2.60. The van der Waals surface area contributed by atoms with Crippen molar-refractivity contribution >= 4 is 29.9 Å². The lowest BCUT2D eigenvalue weighted by Gasteiger charge is -2.14. The molecule has 0 aliphatic carbocycles. The average molecular weight is 479 g/mol. The molecule has 3 N–H and O–H groups in total. The second-order valence-electron chi connectivity index (χ2n) is 5.83. The maximum absolute atomic E-state index is 10.1. The number of aryl methyl sites for hydroxylation is 1. The van der Waals surface area contributed by atoms with E-state index in [1.807, 2.05) is 45.0 Å². The van der Waals surface area contributed by atoms with Crippen LogP contribution in [0, 0.1) is 6.92 Å². The standard InChI is InChI=1S/C19H33N3O3.HI/c1-4-20-19(21-11-6-7-12-24-5-2)22-14-17(23)15-25-18-10-8-9-16(3)13-18;/h8-10,13,17,23H,4-7,11-12,14-15H2,1-3H3,(H2,20,21,22);1H. The minimum absolute atomic E-state index is 0. The molecular weight excluding hydrogens is 445 g/mol. The van der Waals surface area contributed by atoms with Crippen LogP contribution in [0.3, 0.4) is 0 Å². The van der Waals surface area contributed by atoms with Crippen molar-refractivity contribution in [3.63, 3.8) is 0 Å². The zero-order valence-electron chi connectivity index (χ0n) is 16.2. The molecule has 0 heterocycles. The van der Waals surface area contributed by atoms with Crippen LogP contribution >= 0.6 is 24.0 Å². The van der Waals surface area contributed by atoms with Crippen molar-refractivity contribution in [2.45, 2.75) is 39.7 Å². The van der Waals surface area contributed by atoms with Crippen LogP contribution in [0.2, 0.25) is 0 Å². The summed E-state index contributed by atoms with van der Waals surface area (Å²) in [7, 11) is 0. The van der Waals surface area contributed by atoms with Gasteiger partial charge in [0.05, 0.1) is 6.54 Å². The van der Waals surface area contributed by atoms with Crippen LogP contribution in [0.1, 0.15) is 32.3 Å². The third-order valence-electron chi connectivity index (χ3n) is 3.45. The van der Waals surface area contributed by atoms with E-state index in [9.17, 15) is 5.11 Å². The Morgan fingerprint density at radius 3 is 2.73 bits per heavy atom. The van der Waals surface area contributed by atoms with Gasteiger partial charge in [-0.25, -0.2) is 0 Å². The highest BCUT2D eigenvalue weighted by atomic mass is 127. The van der Waals surface area contributed by atoms with Crippen LogP contribution in [0.25, 0.3) is 0 Å². The summed E-state index contributed by atoms with van der Waals surface area (Å²) in [5.74, 6) is 1.48. The number of hydrogen-bond donors (Lipinski definition) is 3. The van der Waals surface area contributed by atoms with Crippen LogP contribution < -0.4 is 15.4 Å². The van der Waals surface area contributed by atoms with Crippen molar-refractivity contribution in [3.05, 3.63) is 29.8 Å². The smallest absolute Gasteiger partial charge is 0.191 e. The summed E-state index contributed by atoms with van der Waals surface area (Å²) in [6.07, 6.45) is 1.39. The number of hydrogen-bond acceptors (Lipinski definition) is 4. The van der Waals surface area contributed by atoms with Gasteiger partial charge in [-0.2, -0.15) is 0 Å². The minimum atomic E-state index is -0.645. The van der Waals surface area contributed by atoms with Crippen LogP contribution in [0.15, 0.2) is 29.3 Å². The monoisotopic (exact) mass is 479 g/mol. The first-order valence-electron chi connectivity index (χ1n) is 9.13. The number of ether oxygens (including phenoxy) is 2. The van der Waals surface area contributed by atoms with E-state index in [-0.39, 0.29) is 30.6 Å². The lowest BCUT2D eigenvalue weighted by Crippen LogP contribution is -2.38. The molecule has 7 heteroatoms. The van der Waals surface area contributed by atoms with E-state index in [4.69, 9.17) is 9.47 Å². The molecule has 0 aromatic heterocycles. The molecule has 0 fully saturated rings. The van der Waals surface area contributed by atoms with E-state index in [0.717, 1.165) is 50.5 Å². The van der Waals surface area contributed by atoms with Crippen molar-refractivity contribution < 1.29 is 14.6 Å². The Labute approximate surface area is 174 Å². The number of rotatable bonds is 12. The molecule has 1 unspecified atom stereocenters. The van der Waals surface area contributed by atoms with Gasteiger partial charge >= 0.3 is 0 Å². The summed E-state index contributed by atoms with van der Waals surface area (Å²) < 4.78 is 10.9. The molecule has 26 heavy (non-hydrogen) atoms. The number of benzene rings is 1. The van der Waals surface area contributed by atoms with Crippen molar-refractivity contribution in [1.82, 2.24) is 10.6 Å². The van der Waals surface area contributed by atoms with Crippen molar-refractivity contribution in [2.75, 3.05) is 39.5 Å². The predicted molar refractivity (Wildman–Crippen MR) is 118 cm³/mol. The molecule has 6 nitrogen and oxygen atoms in total. The van der Waals surface area contributed by atoms with Gasteiger partial charge in [0.1, 0.15) is 18.5 Å². The number of aliphatic imine (C=N–C) groups is 1. The van der Waals surface area contributed by atoms with Gasteiger partial charge in [-0.15, -0.1) is 24.0 Å². The van der Waals surface area contributed by atoms with E-state index in [2.05, 4.69) is 15.6 Å². The Morgan fingerprint density at radius 2 is 2.04 bits per heavy atom. The maximum atomic E-state index is 10.1. The zero-order valence-corrected chi connectivity index (χ0v) is 18.5. The SMILES string of the molecule is CCNC(=NCC(O)COc1cccc(C)c1)NCCCCOCC.I. The Hall–Kier alpha value is -1.06. The van der Waals surface area contributed by atoms with Gasteiger partial charge in [-0.05, 0) is 51.3 Å². The summed E-state index contributed by atoms with van der Waals surface area (Å²) >= 11 is 0. The van der Waals surface area contributed by atoms with E-state index in [1.165, 1.54) is 0 Å². The molecular formula is C19H34IN3O3. The summed E-state index contributed by atoms with van der Waals surface area (Å²) in [5.41, 5.74) is 1.13. The van der Waals surface area contributed by atoms with Crippen LogP contribution in [-0.2, 0) is 4.74 Å². The first kappa shape index (κ1) is 24.9. The second-order valence-corrected chi connectivity index (χ2v) is 5.83. The largest absolute Gasteiger partial charge is 0.491 e. The summed E-state index contributed by atoms with van der Waals surface area (Å²) in [4.78, 5) is 4.41. The van der Waals surface area contributed by atoms with Gasteiger partial charge in [-0.1, -0.05) is 12.1 Å². The first-order valence-corrected chi connectivity index (χ1v) is 9.13. The van der Waals surface area contributed by atoms with Crippen molar-refractivity contribution in [2.24, 2.45) is 4.99 Å². The topological polar surface area (TPSA) is 75.1 Å². The molecule has 1 aromatic carbocycles. The fourth-order valence-electron chi connectivity index (χ4n) is 2.17. The summed E-state index contributed by atoms with van der Waals surface area (Å²) in [6, 6.07) is 7.78. The van der Waals surface area contributed by atoms with Gasteiger partial charge < -0.3 is 25.2 Å². The summed E-state index contributed by atoms with van der Waals surface area (Å²) in [6.45, 7) is 9.71. The van der Waals surface area contributed by atoms with Crippen molar-refractivity contribution in [1.29, 1.82) is 0 Å². The Morgan fingerprint density at radius 1 is 1.23 bits per heavy atom. The fourth-order valence-corrected chi connectivity index (χ4v) is 2.17. The molecule has 1 rings (SSSR count). The number of unbranched alkanes of at least 4 members (excludes halogenated alkanes) is 1. The molecule has 0 amide bonds. The second kappa shape index (κ2) is 16.1. The highest BCUT2D eigenvalue weighted by Gasteiger charge is 2.06. The lowest BCUT2D eigenvalue weighted by atomic mass is 10.2. The molecule has 0 radical (unpaired) electrons. The van der Waals surface area contributed by atoms with Gasteiger partial charge in [0.15, 0.2) is 5.96 Å². The first-order chi connectivity index (χ1) is 12.2. The maximum Gasteiger partial charge on any atom is 0.191 e. The van der Waals surface area contributed by atoms with Crippen LogP contribution in [0.4, 0.5) is 0 Å². The quantitative estimate of drug-likeness (QED) is 0.186. The Balaban J connectivity index is 0.00000625. The van der Waals surface area contributed by atoms with Gasteiger partial charge in [0.25, 0.3) is 0 Å². The number of nitrogens with zero attached hydrogens (tertiary/aromatic N) is 1. The van der Waals surface area contributed by atoms with Crippen molar-refractivity contribution in [3.8, 4) is 5.75 Å². The summed E-state index contributed by atoms with van der Waals surface area (Å²) in [5, 5.41) is 16.5. The third-order valence-corrected chi connectivity index (χ3v) is 3.45. The number of aliphatic hydroxyl groups is 1. The normalized spacial score (nSPS) is 12.2. The van der Waals surface area contributed by atoms with E-state index >= 15 is 0 Å². The number of aliphatic hydroxyl groups excluding tert-OH is 1.